The lowest BCUT2D eigenvalue weighted by molar-refractivity contribution is -0.121. The van der Waals surface area contributed by atoms with Crippen molar-refractivity contribution in [3.05, 3.63) is 29.3 Å². The van der Waals surface area contributed by atoms with E-state index in [-0.39, 0.29) is 5.91 Å². The Labute approximate surface area is 100.0 Å². The molecule has 1 amide bonds. The highest BCUT2D eigenvalue weighted by atomic mass is 35.5. The molecule has 1 fully saturated rings. The van der Waals surface area contributed by atoms with E-state index in [0.717, 1.165) is 25.7 Å². The summed E-state index contributed by atoms with van der Waals surface area (Å²) in [6.45, 7) is 0. The van der Waals surface area contributed by atoms with E-state index in [4.69, 9.17) is 17.3 Å². The van der Waals surface area contributed by atoms with Crippen LogP contribution in [-0.2, 0) is 4.79 Å². The van der Waals surface area contributed by atoms with Gasteiger partial charge < -0.3 is 11.1 Å². The fourth-order valence-electron chi connectivity index (χ4n) is 2.05. The Bertz CT molecular complexity index is 400. The number of benzene rings is 1. The second-order valence-corrected chi connectivity index (χ2v) is 4.76. The standard InChI is InChI=1S/C12H15ClN2O/c13-9-4-3-5-10(8-9)15-11(16)12(14)6-1-2-7-12/h3-5,8H,1-2,6-7,14H2,(H,15,16). The van der Waals surface area contributed by atoms with Crippen LogP contribution in [0.2, 0.25) is 5.02 Å². The van der Waals surface area contributed by atoms with Gasteiger partial charge in [-0.3, -0.25) is 4.79 Å². The fourth-order valence-corrected chi connectivity index (χ4v) is 2.25. The van der Waals surface area contributed by atoms with Gasteiger partial charge >= 0.3 is 0 Å². The maximum atomic E-state index is 12.0. The minimum absolute atomic E-state index is 0.104. The Morgan fingerprint density at radius 2 is 2.06 bits per heavy atom. The van der Waals surface area contributed by atoms with E-state index < -0.39 is 5.54 Å². The molecule has 0 unspecified atom stereocenters. The van der Waals surface area contributed by atoms with E-state index in [1.165, 1.54) is 0 Å². The molecular weight excluding hydrogens is 224 g/mol. The first-order valence-electron chi connectivity index (χ1n) is 5.46. The van der Waals surface area contributed by atoms with Crippen molar-refractivity contribution in [2.75, 3.05) is 5.32 Å². The zero-order chi connectivity index (χ0) is 11.6. The van der Waals surface area contributed by atoms with Gasteiger partial charge in [0.05, 0.1) is 5.54 Å². The number of hydrogen-bond donors (Lipinski definition) is 2. The van der Waals surface area contributed by atoms with Gasteiger partial charge in [0.25, 0.3) is 0 Å². The molecule has 16 heavy (non-hydrogen) atoms. The molecule has 1 saturated carbocycles. The molecule has 2 rings (SSSR count). The maximum Gasteiger partial charge on any atom is 0.244 e. The van der Waals surface area contributed by atoms with Gasteiger partial charge in [-0.2, -0.15) is 0 Å². The van der Waals surface area contributed by atoms with Gasteiger partial charge in [0, 0.05) is 10.7 Å². The summed E-state index contributed by atoms with van der Waals surface area (Å²) in [6, 6.07) is 7.10. The normalized spacial score (nSPS) is 18.4. The molecular formula is C12H15ClN2O. The predicted octanol–water partition coefficient (Wildman–Crippen LogP) is 2.55. The molecule has 0 aromatic heterocycles. The lowest BCUT2D eigenvalue weighted by atomic mass is 9.98. The molecule has 4 heteroatoms. The Hall–Kier alpha value is -1.06. The topological polar surface area (TPSA) is 55.1 Å². The quantitative estimate of drug-likeness (QED) is 0.832. The molecule has 0 aliphatic heterocycles. The number of amides is 1. The summed E-state index contributed by atoms with van der Waals surface area (Å²) in [4.78, 5) is 12.0. The molecule has 0 saturated heterocycles. The van der Waals surface area contributed by atoms with Crippen LogP contribution < -0.4 is 11.1 Å². The van der Waals surface area contributed by atoms with Crippen LogP contribution in [0.4, 0.5) is 5.69 Å². The summed E-state index contributed by atoms with van der Waals surface area (Å²) in [5.41, 5.74) is 6.05. The minimum Gasteiger partial charge on any atom is -0.324 e. The van der Waals surface area contributed by atoms with Crippen LogP contribution in [0.25, 0.3) is 0 Å². The summed E-state index contributed by atoms with van der Waals surface area (Å²) in [5.74, 6) is -0.104. The Morgan fingerprint density at radius 3 is 2.69 bits per heavy atom. The number of rotatable bonds is 2. The van der Waals surface area contributed by atoms with Gasteiger partial charge in [-0.1, -0.05) is 30.5 Å². The smallest absolute Gasteiger partial charge is 0.244 e. The zero-order valence-corrected chi connectivity index (χ0v) is 9.76. The van der Waals surface area contributed by atoms with Crippen molar-refractivity contribution in [1.82, 2.24) is 0 Å². The average Bonchev–Trinajstić information content (AvgIpc) is 2.66. The van der Waals surface area contributed by atoms with E-state index in [2.05, 4.69) is 5.32 Å². The average molecular weight is 239 g/mol. The third-order valence-corrected chi connectivity index (χ3v) is 3.27. The Morgan fingerprint density at radius 1 is 1.38 bits per heavy atom. The van der Waals surface area contributed by atoms with Crippen molar-refractivity contribution in [2.45, 2.75) is 31.2 Å². The first-order valence-corrected chi connectivity index (χ1v) is 5.84. The molecule has 1 aliphatic carbocycles. The lowest BCUT2D eigenvalue weighted by Gasteiger charge is -2.22. The minimum atomic E-state index is -0.692. The molecule has 0 bridgehead atoms. The molecule has 86 valence electrons. The molecule has 3 N–H and O–H groups in total. The largest absolute Gasteiger partial charge is 0.324 e. The summed E-state index contributed by atoms with van der Waals surface area (Å²) in [5, 5.41) is 3.42. The van der Waals surface area contributed by atoms with E-state index in [1.807, 2.05) is 6.07 Å². The highest BCUT2D eigenvalue weighted by molar-refractivity contribution is 6.30. The van der Waals surface area contributed by atoms with E-state index >= 15 is 0 Å². The van der Waals surface area contributed by atoms with Crippen LogP contribution in [0.15, 0.2) is 24.3 Å². The van der Waals surface area contributed by atoms with Gasteiger partial charge in [0.1, 0.15) is 0 Å². The number of halogens is 1. The number of nitrogens with two attached hydrogens (primary N) is 1. The number of hydrogen-bond acceptors (Lipinski definition) is 2. The summed E-state index contributed by atoms with van der Waals surface area (Å²) < 4.78 is 0. The number of nitrogens with one attached hydrogen (secondary N) is 1. The third kappa shape index (κ3) is 2.36. The monoisotopic (exact) mass is 238 g/mol. The van der Waals surface area contributed by atoms with Crippen molar-refractivity contribution < 1.29 is 4.79 Å². The highest BCUT2D eigenvalue weighted by Crippen LogP contribution is 2.28. The van der Waals surface area contributed by atoms with E-state index in [1.54, 1.807) is 18.2 Å². The molecule has 1 aromatic rings. The Kier molecular flexibility index (Phi) is 3.17. The van der Waals surface area contributed by atoms with Crippen LogP contribution in [-0.4, -0.2) is 11.4 Å². The molecule has 0 heterocycles. The van der Waals surface area contributed by atoms with Crippen LogP contribution in [0.3, 0.4) is 0 Å². The first kappa shape index (κ1) is 11.4. The van der Waals surface area contributed by atoms with Gasteiger partial charge in [0.15, 0.2) is 0 Å². The number of carbonyl (C=O) groups is 1. The molecule has 1 aliphatic rings. The maximum absolute atomic E-state index is 12.0. The molecule has 0 radical (unpaired) electrons. The van der Waals surface area contributed by atoms with Crippen molar-refractivity contribution in [2.24, 2.45) is 5.73 Å². The van der Waals surface area contributed by atoms with Crippen LogP contribution in [0.1, 0.15) is 25.7 Å². The Balaban J connectivity index is 2.07. The van der Waals surface area contributed by atoms with Gasteiger partial charge in [-0.15, -0.1) is 0 Å². The highest BCUT2D eigenvalue weighted by Gasteiger charge is 2.36. The second kappa shape index (κ2) is 4.44. The van der Waals surface area contributed by atoms with E-state index in [0.29, 0.717) is 10.7 Å². The lowest BCUT2D eigenvalue weighted by Crippen LogP contribution is -2.48. The SMILES string of the molecule is NC1(C(=O)Nc2cccc(Cl)c2)CCCC1. The zero-order valence-electron chi connectivity index (χ0n) is 9.00. The second-order valence-electron chi connectivity index (χ2n) is 4.33. The molecule has 3 nitrogen and oxygen atoms in total. The number of carbonyl (C=O) groups excluding carboxylic acids is 1. The molecule has 1 aromatic carbocycles. The van der Waals surface area contributed by atoms with Crippen molar-refractivity contribution in [3.8, 4) is 0 Å². The van der Waals surface area contributed by atoms with Crippen LogP contribution in [0, 0.1) is 0 Å². The summed E-state index contributed by atoms with van der Waals surface area (Å²) in [7, 11) is 0. The van der Waals surface area contributed by atoms with Crippen molar-refractivity contribution in [1.29, 1.82) is 0 Å². The first-order chi connectivity index (χ1) is 7.60. The third-order valence-electron chi connectivity index (χ3n) is 3.03. The molecule has 0 spiro atoms. The van der Waals surface area contributed by atoms with Crippen LogP contribution >= 0.6 is 11.6 Å². The van der Waals surface area contributed by atoms with Gasteiger partial charge in [0.2, 0.25) is 5.91 Å². The van der Waals surface area contributed by atoms with Crippen molar-refractivity contribution in [3.63, 3.8) is 0 Å². The summed E-state index contributed by atoms with van der Waals surface area (Å²) >= 11 is 5.84. The predicted molar refractivity (Wildman–Crippen MR) is 65.5 cm³/mol. The van der Waals surface area contributed by atoms with Crippen molar-refractivity contribution >= 4 is 23.2 Å². The number of anilines is 1. The van der Waals surface area contributed by atoms with E-state index in [9.17, 15) is 4.79 Å². The van der Waals surface area contributed by atoms with Gasteiger partial charge in [-0.05, 0) is 31.0 Å². The molecule has 0 atom stereocenters. The fraction of sp³-hybridized carbons (Fsp3) is 0.417. The van der Waals surface area contributed by atoms with Crippen LogP contribution in [0.5, 0.6) is 0 Å². The van der Waals surface area contributed by atoms with Gasteiger partial charge in [-0.25, -0.2) is 0 Å². The summed E-state index contributed by atoms with van der Waals surface area (Å²) in [6.07, 6.45) is 3.58.